The molecule has 0 spiro atoms. The van der Waals surface area contributed by atoms with Gasteiger partial charge in [-0.05, 0) is 39.0 Å². The third-order valence-corrected chi connectivity index (χ3v) is 9.31. The standard InChI is InChI=1S/C26H35N7O3S/c1-19(2)37(34,35)33-13-11-32(12-14-33)21-6-4-20(5-7-21)22-16-23-24(29-9-8-28-23)25(31-22)30-18-26(3)17-27-10-15-36-26/h4-9,16,19,27H,10-15,17-18H2,1-3H3,(H,30,31). The van der Waals surface area contributed by atoms with E-state index in [-0.39, 0.29) is 5.60 Å². The number of fused-ring (bicyclic) bond motifs is 1. The van der Waals surface area contributed by atoms with E-state index in [1.807, 2.05) is 6.07 Å². The van der Waals surface area contributed by atoms with E-state index in [0.717, 1.165) is 41.1 Å². The van der Waals surface area contributed by atoms with Gasteiger partial charge in [-0.25, -0.2) is 18.4 Å². The number of nitrogens with one attached hydrogen (secondary N) is 2. The minimum Gasteiger partial charge on any atom is -0.371 e. The molecule has 37 heavy (non-hydrogen) atoms. The number of benzene rings is 1. The Morgan fingerprint density at radius 3 is 2.51 bits per heavy atom. The number of sulfonamides is 1. The summed E-state index contributed by atoms with van der Waals surface area (Å²) in [6.07, 6.45) is 3.36. The summed E-state index contributed by atoms with van der Waals surface area (Å²) in [5, 5.41) is 6.44. The maximum Gasteiger partial charge on any atom is 0.216 e. The Bertz CT molecular complexity index is 1330. The van der Waals surface area contributed by atoms with E-state index in [9.17, 15) is 8.42 Å². The lowest BCUT2D eigenvalue weighted by Crippen LogP contribution is -2.51. The summed E-state index contributed by atoms with van der Waals surface area (Å²) in [4.78, 5) is 16.2. The molecule has 4 heterocycles. The number of ether oxygens (including phenoxy) is 1. The van der Waals surface area contributed by atoms with Crippen LogP contribution in [0.15, 0.2) is 42.7 Å². The molecule has 0 aliphatic carbocycles. The highest BCUT2D eigenvalue weighted by Crippen LogP contribution is 2.28. The minimum absolute atomic E-state index is 0.329. The second-order valence-electron chi connectivity index (χ2n) is 10.1. The molecule has 10 nitrogen and oxygen atoms in total. The largest absolute Gasteiger partial charge is 0.371 e. The summed E-state index contributed by atoms with van der Waals surface area (Å²) in [6.45, 7) is 10.8. The Kier molecular flexibility index (Phi) is 7.30. The Morgan fingerprint density at radius 1 is 1.11 bits per heavy atom. The molecule has 2 aliphatic rings. The van der Waals surface area contributed by atoms with E-state index < -0.39 is 15.3 Å². The van der Waals surface area contributed by atoms with Crippen LogP contribution in [0.5, 0.6) is 0 Å². The number of rotatable bonds is 7. The SMILES string of the molecule is CC(C)S(=O)(=O)N1CCN(c2ccc(-c3cc4nccnc4c(NCC4(C)CNCCO4)n3)cc2)CC1. The number of aromatic nitrogens is 3. The van der Waals surface area contributed by atoms with Crippen LogP contribution in [0.1, 0.15) is 20.8 Å². The van der Waals surface area contributed by atoms with Gasteiger partial charge in [0.1, 0.15) is 5.52 Å². The lowest BCUT2D eigenvalue weighted by molar-refractivity contribution is -0.0425. The molecule has 2 aromatic heterocycles. The first-order valence-electron chi connectivity index (χ1n) is 12.8. The quantitative estimate of drug-likeness (QED) is 0.480. The number of morpholine rings is 1. The minimum atomic E-state index is -3.22. The fraction of sp³-hybridized carbons (Fsp3) is 0.500. The van der Waals surface area contributed by atoms with Crippen LogP contribution in [0.25, 0.3) is 22.3 Å². The molecular weight excluding hydrogens is 490 g/mol. The van der Waals surface area contributed by atoms with Crippen molar-refractivity contribution >= 4 is 32.6 Å². The van der Waals surface area contributed by atoms with E-state index in [1.54, 1.807) is 30.5 Å². The van der Waals surface area contributed by atoms with Crippen LogP contribution in [0.3, 0.4) is 0 Å². The first kappa shape index (κ1) is 25.8. The molecule has 2 aliphatic heterocycles. The third-order valence-electron chi connectivity index (χ3n) is 7.04. The monoisotopic (exact) mass is 525 g/mol. The third kappa shape index (κ3) is 5.54. The zero-order chi connectivity index (χ0) is 26.0. The van der Waals surface area contributed by atoms with Crippen molar-refractivity contribution in [2.75, 3.05) is 62.6 Å². The molecule has 0 amide bonds. The fourth-order valence-electron chi connectivity index (χ4n) is 4.74. The molecule has 1 unspecified atom stereocenters. The van der Waals surface area contributed by atoms with E-state index >= 15 is 0 Å². The molecular formula is C26H35N7O3S. The van der Waals surface area contributed by atoms with Crippen LogP contribution in [0.4, 0.5) is 11.5 Å². The number of pyridine rings is 1. The van der Waals surface area contributed by atoms with E-state index in [0.29, 0.717) is 45.1 Å². The predicted molar refractivity (Wildman–Crippen MR) is 146 cm³/mol. The number of hydrogen-bond donors (Lipinski definition) is 2. The fourth-order valence-corrected chi connectivity index (χ4v) is 6.01. The highest BCUT2D eigenvalue weighted by atomic mass is 32.2. The van der Waals surface area contributed by atoms with Gasteiger partial charge in [-0.15, -0.1) is 0 Å². The summed E-state index contributed by atoms with van der Waals surface area (Å²) in [7, 11) is -3.22. The molecule has 2 saturated heterocycles. The van der Waals surface area contributed by atoms with Gasteiger partial charge in [-0.1, -0.05) is 12.1 Å². The van der Waals surface area contributed by atoms with Crippen molar-refractivity contribution in [3.8, 4) is 11.3 Å². The average molecular weight is 526 g/mol. The second kappa shape index (κ2) is 10.5. The smallest absolute Gasteiger partial charge is 0.216 e. The summed E-state index contributed by atoms with van der Waals surface area (Å²) < 4.78 is 32.6. The summed E-state index contributed by atoms with van der Waals surface area (Å²) in [5.74, 6) is 0.683. The topological polar surface area (TPSA) is 113 Å². The summed E-state index contributed by atoms with van der Waals surface area (Å²) >= 11 is 0. The molecule has 3 aromatic rings. The van der Waals surface area contributed by atoms with Crippen molar-refractivity contribution in [3.05, 3.63) is 42.7 Å². The Labute approximate surface area is 218 Å². The molecule has 0 radical (unpaired) electrons. The van der Waals surface area contributed by atoms with Crippen LogP contribution < -0.4 is 15.5 Å². The van der Waals surface area contributed by atoms with Crippen LogP contribution in [-0.2, 0) is 14.8 Å². The van der Waals surface area contributed by atoms with Crippen molar-refractivity contribution < 1.29 is 13.2 Å². The zero-order valence-electron chi connectivity index (χ0n) is 21.6. The van der Waals surface area contributed by atoms with Gasteiger partial charge in [0.05, 0.1) is 28.7 Å². The van der Waals surface area contributed by atoms with Crippen molar-refractivity contribution in [2.24, 2.45) is 0 Å². The lowest BCUT2D eigenvalue weighted by Gasteiger charge is -2.36. The van der Waals surface area contributed by atoms with Gasteiger partial charge < -0.3 is 20.3 Å². The van der Waals surface area contributed by atoms with Crippen molar-refractivity contribution in [1.82, 2.24) is 24.6 Å². The van der Waals surface area contributed by atoms with Gasteiger partial charge in [-0.3, -0.25) is 4.98 Å². The zero-order valence-corrected chi connectivity index (χ0v) is 22.5. The molecule has 2 fully saturated rings. The highest BCUT2D eigenvalue weighted by molar-refractivity contribution is 7.89. The van der Waals surface area contributed by atoms with Crippen LogP contribution in [0, 0.1) is 0 Å². The Hall–Kier alpha value is -2.86. The molecule has 11 heteroatoms. The van der Waals surface area contributed by atoms with Crippen molar-refractivity contribution in [3.63, 3.8) is 0 Å². The molecule has 198 valence electrons. The van der Waals surface area contributed by atoms with Crippen LogP contribution in [0.2, 0.25) is 0 Å². The van der Waals surface area contributed by atoms with Gasteiger partial charge in [0.25, 0.3) is 0 Å². The number of piperazine rings is 1. The van der Waals surface area contributed by atoms with Gasteiger partial charge in [-0.2, -0.15) is 4.31 Å². The van der Waals surface area contributed by atoms with Gasteiger partial charge in [0.2, 0.25) is 10.0 Å². The molecule has 5 rings (SSSR count). The molecule has 0 bridgehead atoms. The first-order valence-corrected chi connectivity index (χ1v) is 14.3. The Morgan fingerprint density at radius 2 is 1.84 bits per heavy atom. The summed E-state index contributed by atoms with van der Waals surface area (Å²) in [6, 6.07) is 10.2. The number of anilines is 2. The number of hydrogen-bond acceptors (Lipinski definition) is 9. The highest BCUT2D eigenvalue weighted by Gasteiger charge is 2.30. The second-order valence-corrected chi connectivity index (χ2v) is 12.6. The van der Waals surface area contributed by atoms with E-state index in [4.69, 9.17) is 9.72 Å². The molecule has 1 atom stereocenters. The van der Waals surface area contributed by atoms with E-state index in [1.165, 1.54) is 0 Å². The van der Waals surface area contributed by atoms with Crippen LogP contribution in [-0.4, -0.2) is 90.9 Å². The lowest BCUT2D eigenvalue weighted by atomic mass is 10.1. The van der Waals surface area contributed by atoms with Gasteiger partial charge in [0.15, 0.2) is 5.82 Å². The maximum atomic E-state index is 12.5. The van der Waals surface area contributed by atoms with Crippen molar-refractivity contribution in [2.45, 2.75) is 31.6 Å². The first-order chi connectivity index (χ1) is 17.7. The van der Waals surface area contributed by atoms with E-state index in [2.05, 4.69) is 56.7 Å². The summed E-state index contributed by atoms with van der Waals surface area (Å²) in [5.41, 5.74) is 4.02. The average Bonchev–Trinajstić information content (AvgIpc) is 2.92. The maximum absolute atomic E-state index is 12.5. The normalized spacial score (nSPS) is 21.5. The van der Waals surface area contributed by atoms with Crippen molar-refractivity contribution in [1.29, 1.82) is 0 Å². The van der Waals surface area contributed by atoms with Crippen LogP contribution >= 0.6 is 0 Å². The molecule has 1 aromatic carbocycles. The molecule has 2 N–H and O–H groups in total. The molecule has 0 saturated carbocycles. The van der Waals surface area contributed by atoms with Gasteiger partial charge in [0, 0.05) is 69.5 Å². The number of nitrogens with zero attached hydrogens (tertiary/aromatic N) is 5. The van der Waals surface area contributed by atoms with Gasteiger partial charge >= 0.3 is 0 Å². The predicted octanol–water partition coefficient (Wildman–Crippen LogP) is 2.34. The Balaban J connectivity index is 1.33.